The lowest BCUT2D eigenvalue weighted by Crippen LogP contribution is -2.27. The van der Waals surface area contributed by atoms with Gasteiger partial charge in [-0.2, -0.15) is 0 Å². The molecule has 2 unspecified atom stereocenters. The Bertz CT molecular complexity index is 377. The van der Waals surface area contributed by atoms with Gasteiger partial charge in [-0.15, -0.1) is 0 Å². The van der Waals surface area contributed by atoms with Crippen LogP contribution in [0.1, 0.15) is 36.1 Å². The molecule has 0 bridgehead atoms. The maximum absolute atomic E-state index is 10.2. The van der Waals surface area contributed by atoms with Crippen LogP contribution >= 0.6 is 0 Å². The normalized spacial score (nSPS) is 14.8. The summed E-state index contributed by atoms with van der Waals surface area (Å²) in [6.45, 7) is 7.25. The zero-order valence-corrected chi connectivity index (χ0v) is 11.8. The molecule has 3 heteroatoms. The van der Waals surface area contributed by atoms with Crippen LogP contribution < -0.4 is 0 Å². The molecule has 0 aliphatic rings. The molecule has 102 valence electrons. The fourth-order valence-corrected chi connectivity index (χ4v) is 2.09. The Morgan fingerprint density at radius 2 is 1.89 bits per heavy atom. The van der Waals surface area contributed by atoms with Gasteiger partial charge in [-0.3, -0.25) is 0 Å². The van der Waals surface area contributed by atoms with E-state index in [4.69, 9.17) is 0 Å². The molecule has 1 aromatic carbocycles. The number of aryl methyl sites for hydroxylation is 2. The first kappa shape index (κ1) is 15.2. The fourth-order valence-electron chi connectivity index (χ4n) is 2.09. The molecule has 0 saturated carbocycles. The summed E-state index contributed by atoms with van der Waals surface area (Å²) in [5.41, 5.74) is 3.34. The van der Waals surface area contributed by atoms with E-state index >= 15 is 0 Å². The average molecular weight is 251 g/mol. The van der Waals surface area contributed by atoms with E-state index in [-0.39, 0.29) is 6.10 Å². The van der Waals surface area contributed by atoms with E-state index in [9.17, 15) is 10.2 Å². The number of nitrogens with zero attached hydrogens (tertiary/aromatic N) is 1. The lowest BCUT2D eigenvalue weighted by Gasteiger charge is -2.22. The molecule has 1 aromatic rings. The Balaban J connectivity index is 2.56. The van der Waals surface area contributed by atoms with Crippen molar-refractivity contribution < 1.29 is 10.2 Å². The number of benzene rings is 1. The lowest BCUT2D eigenvalue weighted by molar-refractivity contribution is 0.111. The van der Waals surface area contributed by atoms with Crippen LogP contribution in [0.2, 0.25) is 0 Å². The summed E-state index contributed by atoms with van der Waals surface area (Å²) in [5, 5.41) is 19.5. The van der Waals surface area contributed by atoms with Gasteiger partial charge in [0.2, 0.25) is 0 Å². The predicted molar refractivity (Wildman–Crippen MR) is 74.7 cm³/mol. The van der Waals surface area contributed by atoms with Gasteiger partial charge < -0.3 is 15.1 Å². The molecule has 2 N–H and O–H groups in total. The largest absolute Gasteiger partial charge is 0.393 e. The van der Waals surface area contributed by atoms with Gasteiger partial charge in [0.25, 0.3) is 0 Å². The molecule has 0 aromatic heterocycles. The molecular weight excluding hydrogens is 226 g/mol. The van der Waals surface area contributed by atoms with E-state index in [0.29, 0.717) is 6.54 Å². The van der Waals surface area contributed by atoms with Gasteiger partial charge in [-0.1, -0.05) is 23.8 Å². The Kier molecular flexibility index (Phi) is 5.79. The highest BCUT2D eigenvalue weighted by molar-refractivity contribution is 5.32. The van der Waals surface area contributed by atoms with Gasteiger partial charge in [0, 0.05) is 13.1 Å². The van der Waals surface area contributed by atoms with Gasteiger partial charge in [0.05, 0.1) is 12.2 Å². The van der Waals surface area contributed by atoms with Crippen LogP contribution in [0.25, 0.3) is 0 Å². The monoisotopic (exact) mass is 251 g/mol. The molecule has 2 atom stereocenters. The highest BCUT2D eigenvalue weighted by Crippen LogP contribution is 2.19. The molecule has 0 aliphatic carbocycles. The fraction of sp³-hybridized carbons (Fsp3) is 0.600. The zero-order valence-electron chi connectivity index (χ0n) is 11.8. The first-order chi connectivity index (χ1) is 8.40. The number of aliphatic hydroxyl groups excluding tert-OH is 2. The molecule has 0 radical (unpaired) electrons. The SMILES string of the molecule is Cc1ccc(C(O)CN(C)CCC(C)O)c(C)c1. The Labute approximate surface area is 110 Å². The third kappa shape index (κ3) is 4.77. The maximum atomic E-state index is 10.2. The minimum atomic E-state index is -0.468. The summed E-state index contributed by atoms with van der Waals surface area (Å²) in [6, 6.07) is 6.12. The molecule has 0 saturated heterocycles. The third-order valence-corrected chi connectivity index (χ3v) is 3.20. The zero-order chi connectivity index (χ0) is 13.7. The highest BCUT2D eigenvalue weighted by Gasteiger charge is 2.13. The first-order valence-corrected chi connectivity index (χ1v) is 6.52. The molecule has 0 spiro atoms. The number of aliphatic hydroxyl groups is 2. The summed E-state index contributed by atoms with van der Waals surface area (Å²) >= 11 is 0. The van der Waals surface area contributed by atoms with Crippen molar-refractivity contribution >= 4 is 0 Å². The van der Waals surface area contributed by atoms with Crippen molar-refractivity contribution in [3.05, 3.63) is 34.9 Å². The van der Waals surface area contributed by atoms with E-state index in [1.54, 1.807) is 6.92 Å². The minimum Gasteiger partial charge on any atom is -0.393 e. The molecule has 1 rings (SSSR count). The van der Waals surface area contributed by atoms with Crippen molar-refractivity contribution in [1.29, 1.82) is 0 Å². The van der Waals surface area contributed by atoms with Crippen molar-refractivity contribution in [1.82, 2.24) is 4.90 Å². The van der Waals surface area contributed by atoms with Crippen LogP contribution in [-0.2, 0) is 0 Å². The lowest BCUT2D eigenvalue weighted by atomic mass is 10.0. The second-order valence-electron chi connectivity index (χ2n) is 5.28. The van der Waals surface area contributed by atoms with Crippen LogP contribution in [0.3, 0.4) is 0 Å². The van der Waals surface area contributed by atoms with E-state index in [1.807, 2.05) is 26.1 Å². The van der Waals surface area contributed by atoms with Crippen LogP contribution in [0.15, 0.2) is 18.2 Å². The standard InChI is InChI=1S/C15H25NO2/c1-11-5-6-14(12(2)9-11)15(18)10-16(4)8-7-13(3)17/h5-6,9,13,15,17-18H,7-8,10H2,1-4H3. The summed E-state index contributed by atoms with van der Waals surface area (Å²) < 4.78 is 0. The summed E-state index contributed by atoms with van der Waals surface area (Å²) in [7, 11) is 1.97. The number of hydrogen-bond acceptors (Lipinski definition) is 3. The second kappa shape index (κ2) is 6.88. The van der Waals surface area contributed by atoms with Crippen LogP contribution in [0.4, 0.5) is 0 Å². The molecule has 0 fully saturated rings. The van der Waals surface area contributed by atoms with Gasteiger partial charge in [-0.05, 0) is 45.4 Å². The van der Waals surface area contributed by atoms with Gasteiger partial charge in [0.15, 0.2) is 0 Å². The van der Waals surface area contributed by atoms with Crippen molar-refractivity contribution in [3.8, 4) is 0 Å². The molecule has 18 heavy (non-hydrogen) atoms. The van der Waals surface area contributed by atoms with Crippen molar-refractivity contribution in [2.75, 3.05) is 20.1 Å². The second-order valence-corrected chi connectivity index (χ2v) is 5.28. The molecule has 0 aliphatic heterocycles. The van der Waals surface area contributed by atoms with Crippen LogP contribution in [0.5, 0.6) is 0 Å². The Morgan fingerprint density at radius 3 is 2.44 bits per heavy atom. The Morgan fingerprint density at radius 1 is 1.22 bits per heavy atom. The van der Waals surface area contributed by atoms with Crippen LogP contribution in [-0.4, -0.2) is 41.4 Å². The predicted octanol–water partition coefficient (Wildman–Crippen LogP) is 2.04. The van der Waals surface area contributed by atoms with E-state index in [1.165, 1.54) is 5.56 Å². The number of likely N-dealkylation sites (N-methyl/N-ethyl adjacent to an activating group) is 1. The molecule has 0 heterocycles. The third-order valence-electron chi connectivity index (χ3n) is 3.20. The number of rotatable bonds is 6. The minimum absolute atomic E-state index is 0.286. The van der Waals surface area contributed by atoms with Crippen LogP contribution in [0, 0.1) is 13.8 Å². The summed E-state index contributed by atoms with van der Waals surface area (Å²) in [5.74, 6) is 0. The van der Waals surface area contributed by atoms with E-state index in [0.717, 1.165) is 24.1 Å². The van der Waals surface area contributed by atoms with Crippen molar-refractivity contribution in [3.63, 3.8) is 0 Å². The maximum Gasteiger partial charge on any atom is 0.0919 e. The summed E-state index contributed by atoms with van der Waals surface area (Å²) in [6.07, 6.45) is -0.0221. The van der Waals surface area contributed by atoms with E-state index < -0.39 is 6.10 Å². The quantitative estimate of drug-likeness (QED) is 0.813. The molecular formula is C15H25NO2. The topological polar surface area (TPSA) is 43.7 Å². The van der Waals surface area contributed by atoms with Gasteiger partial charge in [-0.25, -0.2) is 0 Å². The molecule has 3 nitrogen and oxygen atoms in total. The highest BCUT2D eigenvalue weighted by atomic mass is 16.3. The van der Waals surface area contributed by atoms with Gasteiger partial charge in [0.1, 0.15) is 0 Å². The summed E-state index contributed by atoms with van der Waals surface area (Å²) in [4.78, 5) is 2.05. The van der Waals surface area contributed by atoms with Crippen molar-refractivity contribution in [2.24, 2.45) is 0 Å². The Hall–Kier alpha value is -0.900. The average Bonchev–Trinajstić information content (AvgIpc) is 2.26. The molecule has 0 amide bonds. The van der Waals surface area contributed by atoms with Crippen molar-refractivity contribution in [2.45, 2.75) is 39.4 Å². The van der Waals surface area contributed by atoms with Gasteiger partial charge >= 0.3 is 0 Å². The smallest absolute Gasteiger partial charge is 0.0919 e. The number of hydrogen-bond donors (Lipinski definition) is 2. The van der Waals surface area contributed by atoms with E-state index in [2.05, 4.69) is 17.9 Å². The first-order valence-electron chi connectivity index (χ1n) is 6.52.